The zero-order chi connectivity index (χ0) is 18.9. The van der Waals surface area contributed by atoms with E-state index in [2.05, 4.69) is 4.90 Å². The number of anilines is 1. The van der Waals surface area contributed by atoms with Crippen molar-refractivity contribution in [3.05, 3.63) is 29.6 Å². The number of piperidine rings is 1. The normalized spacial score (nSPS) is 24.1. The number of rotatable bonds is 4. The number of aryl methyl sites for hydroxylation is 1. The molecule has 5 nitrogen and oxygen atoms in total. The molecule has 1 aliphatic carbocycles. The Balaban J connectivity index is 1.37. The molecule has 2 heterocycles. The lowest BCUT2D eigenvalue weighted by atomic mass is 9.88. The van der Waals surface area contributed by atoms with Gasteiger partial charge in [0.05, 0.1) is 5.60 Å². The fourth-order valence-electron chi connectivity index (χ4n) is 4.67. The molecule has 1 saturated carbocycles. The minimum absolute atomic E-state index is 0.0189. The molecule has 0 radical (unpaired) electrons. The molecule has 6 heteroatoms. The summed E-state index contributed by atoms with van der Waals surface area (Å²) in [6, 6.07) is 5.45. The van der Waals surface area contributed by atoms with E-state index < -0.39 is 11.4 Å². The van der Waals surface area contributed by atoms with Crippen molar-refractivity contribution in [2.45, 2.75) is 69.4 Å². The first-order valence-electron chi connectivity index (χ1n) is 10.3. The van der Waals surface area contributed by atoms with Gasteiger partial charge in [-0.25, -0.2) is 4.39 Å². The fraction of sp³-hybridized carbons (Fsp3) is 0.667. The van der Waals surface area contributed by atoms with Crippen LogP contribution in [-0.2, 0) is 16.1 Å². The molecule has 4 rings (SSSR count). The summed E-state index contributed by atoms with van der Waals surface area (Å²) in [5, 5.41) is 12.0. The summed E-state index contributed by atoms with van der Waals surface area (Å²) < 4.78 is 14.3. The van der Waals surface area contributed by atoms with Crippen LogP contribution in [0.1, 0.15) is 56.9 Å². The van der Waals surface area contributed by atoms with Crippen molar-refractivity contribution < 1.29 is 19.1 Å². The SMILES string of the molecule is O=C1CCc2cccc(F)c2N1OCC1(O)CCN(C2CCCCC2)CC1. The van der Waals surface area contributed by atoms with Crippen LogP contribution >= 0.6 is 0 Å². The first-order chi connectivity index (χ1) is 13.1. The topological polar surface area (TPSA) is 53.0 Å². The van der Waals surface area contributed by atoms with Gasteiger partial charge in [-0.2, -0.15) is 5.06 Å². The van der Waals surface area contributed by atoms with Crippen molar-refractivity contribution in [2.75, 3.05) is 24.8 Å². The molecule has 0 unspecified atom stereocenters. The van der Waals surface area contributed by atoms with Crippen molar-refractivity contribution in [2.24, 2.45) is 0 Å². The predicted molar refractivity (Wildman–Crippen MR) is 101 cm³/mol. The number of hydroxylamine groups is 1. The molecule has 0 bridgehead atoms. The van der Waals surface area contributed by atoms with Gasteiger partial charge >= 0.3 is 0 Å². The second-order valence-electron chi connectivity index (χ2n) is 8.26. The second kappa shape index (κ2) is 7.86. The monoisotopic (exact) mass is 376 g/mol. The Morgan fingerprint density at radius 3 is 2.63 bits per heavy atom. The zero-order valence-corrected chi connectivity index (χ0v) is 15.8. The molecule has 0 atom stereocenters. The Morgan fingerprint density at radius 1 is 1.15 bits per heavy atom. The molecular formula is C21H29FN2O3. The van der Waals surface area contributed by atoms with E-state index >= 15 is 0 Å². The van der Waals surface area contributed by atoms with Gasteiger partial charge < -0.3 is 10.0 Å². The van der Waals surface area contributed by atoms with Gasteiger partial charge in [0.1, 0.15) is 18.1 Å². The Hall–Kier alpha value is -1.50. The summed E-state index contributed by atoms with van der Waals surface area (Å²) in [4.78, 5) is 20.5. The van der Waals surface area contributed by atoms with Crippen molar-refractivity contribution in [3.63, 3.8) is 0 Å². The minimum Gasteiger partial charge on any atom is -0.387 e. The van der Waals surface area contributed by atoms with Gasteiger partial charge in [-0.05, 0) is 43.7 Å². The lowest BCUT2D eigenvalue weighted by Gasteiger charge is -2.43. The molecule has 1 aromatic rings. The van der Waals surface area contributed by atoms with Gasteiger partial charge in [0.2, 0.25) is 0 Å². The van der Waals surface area contributed by atoms with Crippen molar-refractivity contribution in [3.8, 4) is 0 Å². The van der Waals surface area contributed by atoms with E-state index in [4.69, 9.17) is 4.84 Å². The van der Waals surface area contributed by atoms with Crippen molar-refractivity contribution in [1.29, 1.82) is 0 Å². The van der Waals surface area contributed by atoms with E-state index in [1.807, 2.05) is 6.07 Å². The third-order valence-electron chi connectivity index (χ3n) is 6.39. The third kappa shape index (κ3) is 4.03. The van der Waals surface area contributed by atoms with Crippen molar-refractivity contribution >= 4 is 11.6 Å². The van der Waals surface area contributed by atoms with Gasteiger partial charge in [0, 0.05) is 25.6 Å². The Morgan fingerprint density at radius 2 is 1.89 bits per heavy atom. The summed E-state index contributed by atoms with van der Waals surface area (Å²) in [5.41, 5.74) is 0.0135. The first-order valence-corrected chi connectivity index (χ1v) is 10.3. The number of halogens is 1. The van der Waals surface area contributed by atoms with Gasteiger partial charge in [-0.1, -0.05) is 31.4 Å². The summed E-state index contributed by atoms with van der Waals surface area (Å²) >= 11 is 0. The van der Waals surface area contributed by atoms with Crippen LogP contribution in [0.3, 0.4) is 0 Å². The van der Waals surface area contributed by atoms with E-state index in [9.17, 15) is 14.3 Å². The number of carbonyl (C=O) groups is 1. The van der Waals surface area contributed by atoms with E-state index in [1.165, 1.54) is 38.2 Å². The van der Waals surface area contributed by atoms with Gasteiger partial charge in [-0.3, -0.25) is 9.63 Å². The smallest absolute Gasteiger partial charge is 0.251 e. The average molecular weight is 376 g/mol. The molecule has 1 saturated heterocycles. The van der Waals surface area contributed by atoms with Crippen LogP contribution in [0, 0.1) is 5.82 Å². The zero-order valence-electron chi connectivity index (χ0n) is 15.8. The third-order valence-corrected chi connectivity index (χ3v) is 6.39. The van der Waals surface area contributed by atoms with Crippen LogP contribution in [0.15, 0.2) is 18.2 Å². The standard InChI is InChI=1S/C21H29FN2O3/c22-18-8-4-5-16-9-10-19(25)24(20(16)18)27-15-21(26)11-13-23(14-12-21)17-6-2-1-3-7-17/h4-5,8,17,26H,1-3,6-7,9-15H2. The number of carbonyl (C=O) groups excluding carboxylic acids is 1. The molecule has 3 aliphatic rings. The van der Waals surface area contributed by atoms with Crippen LogP contribution in [0.5, 0.6) is 0 Å². The quantitative estimate of drug-likeness (QED) is 0.877. The molecule has 1 N–H and O–H groups in total. The number of hydrogen-bond donors (Lipinski definition) is 1. The number of hydrogen-bond acceptors (Lipinski definition) is 4. The van der Waals surface area contributed by atoms with Gasteiger partial charge in [0.15, 0.2) is 0 Å². The lowest BCUT2D eigenvalue weighted by Crippen LogP contribution is -2.52. The second-order valence-corrected chi connectivity index (χ2v) is 8.26. The summed E-state index contributed by atoms with van der Waals surface area (Å²) in [5.74, 6) is -0.713. The number of amides is 1. The van der Waals surface area contributed by atoms with E-state index in [-0.39, 0.29) is 18.2 Å². The fourth-order valence-corrected chi connectivity index (χ4v) is 4.67. The Labute approximate surface area is 160 Å². The summed E-state index contributed by atoms with van der Waals surface area (Å²) in [6.07, 6.45) is 8.51. The molecule has 148 valence electrons. The average Bonchev–Trinajstić information content (AvgIpc) is 2.69. The molecule has 0 aromatic heterocycles. The Kier molecular flexibility index (Phi) is 5.48. The first kappa shape index (κ1) is 18.8. The largest absolute Gasteiger partial charge is 0.387 e. The van der Waals surface area contributed by atoms with E-state index in [0.29, 0.717) is 31.7 Å². The number of fused-ring (bicyclic) bond motifs is 1. The van der Waals surface area contributed by atoms with E-state index in [1.54, 1.807) is 6.07 Å². The van der Waals surface area contributed by atoms with Crippen LogP contribution in [-0.4, -0.2) is 47.3 Å². The van der Waals surface area contributed by atoms with E-state index in [0.717, 1.165) is 23.7 Å². The molecule has 2 aliphatic heterocycles. The van der Waals surface area contributed by atoms with Gasteiger partial charge in [-0.15, -0.1) is 0 Å². The molecule has 0 spiro atoms. The number of aliphatic hydroxyl groups is 1. The molecule has 1 aromatic carbocycles. The minimum atomic E-state index is -0.964. The number of benzene rings is 1. The highest BCUT2D eigenvalue weighted by Crippen LogP contribution is 2.33. The number of para-hydroxylation sites is 1. The molecule has 1 amide bonds. The molecule has 27 heavy (non-hydrogen) atoms. The Bertz CT molecular complexity index is 682. The summed E-state index contributed by atoms with van der Waals surface area (Å²) in [6.45, 7) is 1.72. The number of nitrogens with zero attached hydrogens (tertiary/aromatic N) is 2. The maximum Gasteiger partial charge on any atom is 0.251 e. The maximum absolute atomic E-state index is 14.3. The van der Waals surface area contributed by atoms with Crippen LogP contribution in [0.4, 0.5) is 10.1 Å². The van der Waals surface area contributed by atoms with Crippen LogP contribution in [0.25, 0.3) is 0 Å². The van der Waals surface area contributed by atoms with Crippen LogP contribution < -0.4 is 5.06 Å². The predicted octanol–water partition coefficient (Wildman–Crippen LogP) is 3.20. The highest BCUT2D eigenvalue weighted by molar-refractivity contribution is 5.94. The maximum atomic E-state index is 14.3. The van der Waals surface area contributed by atoms with Gasteiger partial charge in [0.25, 0.3) is 5.91 Å². The number of likely N-dealkylation sites (tertiary alicyclic amines) is 1. The molecular weight excluding hydrogens is 347 g/mol. The molecule has 2 fully saturated rings. The highest BCUT2D eigenvalue weighted by atomic mass is 19.1. The highest BCUT2D eigenvalue weighted by Gasteiger charge is 2.37. The lowest BCUT2D eigenvalue weighted by molar-refractivity contribution is -0.134. The van der Waals surface area contributed by atoms with Crippen LogP contribution in [0.2, 0.25) is 0 Å². The van der Waals surface area contributed by atoms with Crippen molar-refractivity contribution in [1.82, 2.24) is 4.90 Å². The summed E-state index contributed by atoms with van der Waals surface area (Å²) in [7, 11) is 0.